The summed E-state index contributed by atoms with van der Waals surface area (Å²) in [6.45, 7) is 5.31. The van der Waals surface area contributed by atoms with E-state index in [-0.39, 0.29) is 5.60 Å². The normalized spacial score (nSPS) is 37.6. The standard InChI is InChI=1S/C14H19NO/c1-10-11(2)16-14(9-15-10)8-7-12-5-3-4-6-13(12)14/h3-6,10-11,15H,7-9H2,1-2H3. The van der Waals surface area contributed by atoms with Gasteiger partial charge in [0.15, 0.2) is 0 Å². The Morgan fingerprint density at radius 2 is 2.12 bits per heavy atom. The zero-order valence-corrected chi connectivity index (χ0v) is 9.99. The van der Waals surface area contributed by atoms with Crippen molar-refractivity contribution in [1.82, 2.24) is 5.32 Å². The molecule has 2 nitrogen and oxygen atoms in total. The van der Waals surface area contributed by atoms with Gasteiger partial charge < -0.3 is 10.1 Å². The maximum Gasteiger partial charge on any atom is 0.106 e. The van der Waals surface area contributed by atoms with Gasteiger partial charge in [-0.2, -0.15) is 0 Å². The lowest BCUT2D eigenvalue weighted by molar-refractivity contribution is -0.129. The topological polar surface area (TPSA) is 21.3 Å². The van der Waals surface area contributed by atoms with Gasteiger partial charge in [-0.05, 0) is 37.8 Å². The van der Waals surface area contributed by atoms with Crippen LogP contribution < -0.4 is 5.32 Å². The van der Waals surface area contributed by atoms with Crippen molar-refractivity contribution in [3.63, 3.8) is 0 Å². The van der Waals surface area contributed by atoms with E-state index < -0.39 is 0 Å². The molecule has 1 spiro atoms. The molecule has 1 aromatic carbocycles. The molecule has 0 radical (unpaired) electrons. The Labute approximate surface area is 97.0 Å². The molecule has 16 heavy (non-hydrogen) atoms. The van der Waals surface area contributed by atoms with Gasteiger partial charge in [0, 0.05) is 12.6 Å². The van der Waals surface area contributed by atoms with Crippen LogP contribution in [-0.2, 0) is 16.8 Å². The summed E-state index contributed by atoms with van der Waals surface area (Å²) in [7, 11) is 0. The van der Waals surface area contributed by atoms with Gasteiger partial charge in [-0.3, -0.25) is 0 Å². The first kappa shape index (κ1) is 10.3. The molecule has 3 unspecified atom stereocenters. The minimum absolute atomic E-state index is 0.0531. The molecule has 0 bridgehead atoms. The number of benzene rings is 1. The van der Waals surface area contributed by atoms with Crippen LogP contribution in [0.3, 0.4) is 0 Å². The van der Waals surface area contributed by atoms with Crippen LogP contribution in [0.5, 0.6) is 0 Å². The fourth-order valence-corrected chi connectivity index (χ4v) is 2.95. The van der Waals surface area contributed by atoms with Gasteiger partial charge in [0.1, 0.15) is 5.60 Å². The molecule has 3 rings (SSSR count). The summed E-state index contributed by atoms with van der Waals surface area (Å²) >= 11 is 0. The summed E-state index contributed by atoms with van der Waals surface area (Å²) < 4.78 is 6.31. The molecule has 1 N–H and O–H groups in total. The van der Waals surface area contributed by atoms with Gasteiger partial charge in [0.25, 0.3) is 0 Å². The smallest absolute Gasteiger partial charge is 0.106 e. The Morgan fingerprint density at radius 3 is 2.94 bits per heavy atom. The van der Waals surface area contributed by atoms with Crippen molar-refractivity contribution in [2.24, 2.45) is 0 Å². The number of morpholine rings is 1. The predicted molar refractivity (Wildman–Crippen MR) is 64.5 cm³/mol. The van der Waals surface area contributed by atoms with Gasteiger partial charge >= 0.3 is 0 Å². The molecule has 1 aromatic rings. The first-order valence-corrected chi connectivity index (χ1v) is 6.21. The Balaban J connectivity index is 1.96. The Bertz CT molecular complexity index is 403. The lowest BCUT2D eigenvalue weighted by Crippen LogP contribution is -2.54. The van der Waals surface area contributed by atoms with Crippen molar-refractivity contribution in [3.05, 3.63) is 35.4 Å². The minimum Gasteiger partial charge on any atom is -0.364 e. The molecule has 3 atom stereocenters. The van der Waals surface area contributed by atoms with E-state index in [9.17, 15) is 0 Å². The van der Waals surface area contributed by atoms with Crippen LogP contribution >= 0.6 is 0 Å². The van der Waals surface area contributed by atoms with Crippen molar-refractivity contribution in [2.45, 2.75) is 44.4 Å². The van der Waals surface area contributed by atoms with Crippen molar-refractivity contribution >= 4 is 0 Å². The number of nitrogens with one attached hydrogen (secondary N) is 1. The van der Waals surface area contributed by atoms with Crippen LogP contribution in [0.15, 0.2) is 24.3 Å². The molecule has 1 aliphatic carbocycles. The van der Waals surface area contributed by atoms with E-state index in [1.165, 1.54) is 11.1 Å². The Kier molecular flexibility index (Phi) is 2.30. The highest BCUT2D eigenvalue weighted by Gasteiger charge is 2.44. The lowest BCUT2D eigenvalue weighted by atomic mass is 9.92. The molecular formula is C14H19NO. The van der Waals surface area contributed by atoms with E-state index in [0.29, 0.717) is 12.1 Å². The van der Waals surface area contributed by atoms with Crippen molar-refractivity contribution < 1.29 is 4.74 Å². The Morgan fingerprint density at radius 1 is 1.31 bits per heavy atom. The lowest BCUT2D eigenvalue weighted by Gasteiger charge is -2.42. The summed E-state index contributed by atoms with van der Waals surface area (Å²) in [6.07, 6.45) is 2.56. The molecular weight excluding hydrogens is 198 g/mol. The van der Waals surface area contributed by atoms with Crippen LogP contribution in [0, 0.1) is 0 Å². The number of hydrogen-bond donors (Lipinski definition) is 1. The van der Waals surface area contributed by atoms with Crippen molar-refractivity contribution in [1.29, 1.82) is 0 Å². The highest BCUT2D eigenvalue weighted by atomic mass is 16.5. The molecule has 1 heterocycles. The minimum atomic E-state index is -0.0531. The van der Waals surface area contributed by atoms with E-state index in [2.05, 4.69) is 43.4 Å². The number of hydrogen-bond acceptors (Lipinski definition) is 2. The van der Waals surface area contributed by atoms with Crippen LogP contribution in [0.25, 0.3) is 0 Å². The zero-order chi connectivity index (χ0) is 11.2. The highest BCUT2D eigenvalue weighted by molar-refractivity contribution is 5.38. The fourth-order valence-electron chi connectivity index (χ4n) is 2.95. The van der Waals surface area contributed by atoms with E-state index in [4.69, 9.17) is 4.74 Å². The number of fused-ring (bicyclic) bond motifs is 2. The quantitative estimate of drug-likeness (QED) is 0.719. The highest BCUT2D eigenvalue weighted by Crippen LogP contribution is 2.42. The van der Waals surface area contributed by atoms with E-state index in [1.54, 1.807) is 0 Å². The molecule has 1 saturated heterocycles. The number of rotatable bonds is 0. The average Bonchev–Trinajstić information content (AvgIpc) is 2.65. The first-order valence-electron chi connectivity index (χ1n) is 6.21. The van der Waals surface area contributed by atoms with Crippen LogP contribution in [0.1, 0.15) is 31.4 Å². The average molecular weight is 217 g/mol. The largest absolute Gasteiger partial charge is 0.364 e. The third kappa shape index (κ3) is 1.40. The van der Waals surface area contributed by atoms with Gasteiger partial charge in [-0.15, -0.1) is 0 Å². The molecule has 1 aliphatic heterocycles. The Hall–Kier alpha value is -0.860. The maximum atomic E-state index is 6.31. The van der Waals surface area contributed by atoms with Gasteiger partial charge in [0.05, 0.1) is 6.10 Å². The van der Waals surface area contributed by atoms with Crippen molar-refractivity contribution in [3.8, 4) is 0 Å². The second-order valence-corrected chi connectivity index (χ2v) is 5.14. The third-order valence-corrected chi connectivity index (χ3v) is 4.13. The van der Waals surface area contributed by atoms with E-state index in [0.717, 1.165) is 19.4 Å². The summed E-state index contributed by atoms with van der Waals surface area (Å²) in [5, 5.41) is 3.58. The zero-order valence-electron chi connectivity index (χ0n) is 9.99. The van der Waals surface area contributed by atoms with Gasteiger partial charge in [0.2, 0.25) is 0 Å². The maximum absolute atomic E-state index is 6.31. The molecule has 2 heteroatoms. The van der Waals surface area contributed by atoms with Crippen LogP contribution in [0.4, 0.5) is 0 Å². The van der Waals surface area contributed by atoms with E-state index in [1.807, 2.05) is 0 Å². The summed E-state index contributed by atoms with van der Waals surface area (Å²) in [4.78, 5) is 0. The molecule has 1 fully saturated rings. The monoisotopic (exact) mass is 217 g/mol. The summed E-state index contributed by atoms with van der Waals surface area (Å²) in [5.41, 5.74) is 2.81. The molecule has 0 amide bonds. The molecule has 2 aliphatic rings. The van der Waals surface area contributed by atoms with E-state index >= 15 is 0 Å². The summed E-state index contributed by atoms with van der Waals surface area (Å²) in [5.74, 6) is 0. The van der Waals surface area contributed by atoms with Gasteiger partial charge in [-0.1, -0.05) is 24.3 Å². The third-order valence-electron chi connectivity index (χ3n) is 4.13. The molecule has 86 valence electrons. The number of aryl methyl sites for hydroxylation is 1. The van der Waals surface area contributed by atoms with Crippen LogP contribution in [0.2, 0.25) is 0 Å². The molecule has 0 aromatic heterocycles. The van der Waals surface area contributed by atoms with Crippen LogP contribution in [-0.4, -0.2) is 18.7 Å². The fraction of sp³-hybridized carbons (Fsp3) is 0.571. The SMILES string of the molecule is CC1NCC2(CCc3ccccc32)OC1C. The van der Waals surface area contributed by atoms with Gasteiger partial charge in [-0.25, -0.2) is 0 Å². The first-order chi connectivity index (χ1) is 7.71. The second-order valence-electron chi connectivity index (χ2n) is 5.14. The van der Waals surface area contributed by atoms with Crippen molar-refractivity contribution in [2.75, 3.05) is 6.54 Å². The summed E-state index contributed by atoms with van der Waals surface area (Å²) in [6, 6.07) is 9.17. The molecule has 0 saturated carbocycles. The second kappa shape index (κ2) is 3.57. The number of ether oxygens (including phenoxy) is 1. The predicted octanol–water partition coefficient (Wildman–Crippen LogP) is 2.22.